The third-order valence-electron chi connectivity index (χ3n) is 4.44. The summed E-state index contributed by atoms with van der Waals surface area (Å²) in [5, 5.41) is 8.50. The minimum atomic E-state index is -0.325. The van der Waals surface area contributed by atoms with Gasteiger partial charge in [-0.15, -0.1) is 11.3 Å². The Bertz CT molecular complexity index is 1040. The lowest BCUT2D eigenvalue weighted by Crippen LogP contribution is -2.39. The molecule has 0 fully saturated rings. The first-order chi connectivity index (χ1) is 14.8. The maximum atomic E-state index is 13.0. The van der Waals surface area contributed by atoms with Crippen molar-refractivity contribution in [3.05, 3.63) is 81.0 Å². The maximum absolute atomic E-state index is 13.0. The summed E-state index contributed by atoms with van der Waals surface area (Å²) in [6.45, 7) is 4.36. The SMILES string of the molecule is CC(C)N(Cc1nc(C(=O)NCc2ccc(F)cc2)cs1)C(=O)Nc1ccc(Cl)cc1. The second-order valence-corrected chi connectivity index (χ2v) is 8.47. The summed E-state index contributed by atoms with van der Waals surface area (Å²) in [6.07, 6.45) is 0. The average molecular weight is 461 g/mol. The molecule has 1 aromatic heterocycles. The molecule has 0 unspecified atom stereocenters. The predicted molar refractivity (Wildman–Crippen MR) is 121 cm³/mol. The number of aromatic nitrogens is 1. The van der Waals surface area contributed by atoms with Gasteiger partial charge in [0.2, 0.25) is 0 Å². The molecule has 3 rings (SSSR count). The molecule has 3 aromatic rings. The zero-order valence-corrected chi connectivity index (χ0v) is 18.6. The Balaban J connectivity index is 1.60. The van der Waals surface area contributed by atoms with Crippen molar-refractivity contribution in [2.24, 2.45) is 0 Å². The minimum Gasteiger partial charge on any atom is -0.347 e. The van der Waals surface area contributed by atoms with Gasteiger partial charge in [0.1, 0.15) is 16.5 Å². The molecule has 0 saturated carbocycles. The normalized spacial score (nSPS) is 10.7. The fraction of sp³-hybridized carbons (Fsp3) is 0.227. The first-order valence-electron chi connectivity index (χ1n) is 9.62. The summed E-state index contributed by atoms with van der Waals surface area (Å²) in [6, 6.07) is 12.4. The van der Waals surface area contributed by atoms with Gasteiger partial charge in [0.15, 0.2) is 0 Å². The molecule has 3 amide bonds. The smallest absolute Gasteiger partial charge is 0.322 e. The Morgan fingerprint density at radius 3 is 2.45 bits per heavy atom. The lowest BCUT2D eigenvalue weighted by atomic mass is 10.2. The van der Waals surface area contributed by atoms with Gasteiger partial charge in [0, 0.05) is 28.7 Å². The van der Waals surface area contributed by atoms with E-state index in [9.17, 15) is 14.0 Å². The summed E-state index contributed by atoms with van der Waals surface area (Å²) >= 11 is 7.19. The van der Waals surface area contributed by atoms with Crippen molar-refractivity contribution in [1.29, 1.82) is 0 Å². The number of rotatable bonds is 7. The Morgan fingerprint density at radius 1 is 1.13 bits per heavy atom. The molecule has 1 heterocycles. The number of hydrogen-bond donors (Lipinski definition) is 2. The van der Waals surface area contributed by atoms with Gasteiger partial charge in [0.25, 0.3) is 5.91 Å². The number of thiazole rings is 1. The van der Waals surface area contributed by atoms with Crippen LogP contribution in [0.1, 0.15) is 34.9 Å². The van der Waals surface area contributed by atoms with Gasteiger partial charge in [-0.05, 0) is 55.8 Å². The average Bonchev–Trinajstić information content (AvgIpc) is 3.21. The molecular weight excluding hydrogens is 439 g/mol. The molecule has 0 atom stereocenters. The summed E-state index contributed by atoms with van der Waals surface area (Å²) in [4.78, 5) is 31.1. The van der Waals surface area contributed by atoms with E-state index in [4.69, 9.17) is 11.6 Å². The quantitative estimate of drug-likeness (QED) is 0.502. The van der Waals surface area contributed by atoms with Crippen LogP contribution in [0.5, 0.6) is 0 Å². The van der Waals surface area contributed by atoms with E-state index in [0.29, 0.717) is 15.7 Å². The molecule has 0 radical (unpaired) electrons. The summed E-state index contributed by atoms with van der Waals surface area (Å²) in [5.74, 6) is -0.650. The molecule has 162 valence electrons. The van der Waals surface area contributed by atoms with E-state index in [1.807, 2.05) is 13.8 Å². The highest BCUT2D eigenvalue weighted by Crippen LogP contribution is 2.18. The van der Waals surface area contributed by atoms with Crippen LogP contribution in [-0.4, -0.2) is 27.9 Å². The molecule has 0 spiro atoms. The summed E-state index contributed by atoms with van der Waals surface area (Å²) in [5.41, 5.74) is 1.71. The van der Waals surface area contributed by atoms with Crippen molar-refractivity contribution >= 4 is 40.6 Å². The number of urea groups is 1. The lowest BCUT2D eigenvalue weighted by Gasteiger charge is -2.26. The van der Waals surface area contributed by atoms with Crippen molar-refractivity contribution in [3.63, 3.8) is 0 Å². The number of nitrogens with one attached hydrogen (secondary N) is 2. The van der Waals surface area contributed by atoms with E-state index in [1.54, 1.807) is 46.7 Å². The predicted octanol–water partition coefficient (Wildman–Crippen LogP) is 5.31. The van der Waals surface area contributed by atoms with Crippen LogP contribution in [0, 0.1) is 5.82 Å². The monoisotopic (exact) mass is 460 g/mol. The first-order valence-corrected chi connectivity index (χ1v) is 10.9. The van der Waals surface area contributed by atoms with Crippen molar-refractivity contribution in [2.75, 3.05) is 5.32 Å². The molecule has 31 heavy (non-hydrogen) atoms. The zero-order chi connectivity index (χ0) is 22.4. The van der Waals surface area contributed by atoms with Gasteiger partial charge in [-0.1, -0.05) is 23.7 Å². The number of halogens is 2. The molecule has 0 bridgehead atoms. The van der Waals surface area contributed by atoms with E-state index in [0.717, 1.165) is 5.56 Å². The van der Waals surface area contributed by atoms with Crippen LogP contribution < -0.4 is 10.6 Å². The highest BCUT2D eigenvalue weighted by molar-refractivity contribution is 7.09. The minimum absolute atomic E-state index is 0.0769. The standard InChI is InChI=1S/C22H22ClFN4O2S/c1-14(2)28(22(30)26-18-9-5-16(23)6-10-18)12-20-27-19(13-31-20)21(29)25-11-15-3-7-17(24)8-4-15/h3-10,13-14H,11-12H2,1-2H3,(H,25,29)(H,26,30). The van der Waals surface area contributed by atoms with Crippen molar-refractivity contribution in [3.8, 4) is 0 Å². The molecule has 2 N–H and O–H groups in total. The van der Waals surface area contributed by atoms with Crippen molar-refractivity contribution in [1.82, 2.24) is 15.2 Å². The molecule has 0 saturated heterocycles. The number of anilines is 1. The van der Waals surface area contributed by atoms with Gasteiger partial charge < -0.3 is 15.5 Å². The number of carbonyl (C=O) groups is 2. The van der Waals surface area contributed by atoms with Gasteiger partial charge in [0.05, 0.1) is 6.54 Å². The van der Waals surface area contributed by atoms with E-state index in [2.05, 4.69) is 15.6 Å². The van der Waals surface area contributed by atoms with Gasteiger partial charge in [-0.3, -0.25) is 4.79 Å². The maximum Gasteiger partial charge on any atom is 0.322 e. The van der Waals surface area contributed by atoms with E-state index in [1.165, 1.54) is 23.5 Å². The largest absolute Gasteiger partial charge is 0.347 e. The fourth-order valence-corrected chi connectivity index (χ4v) is 3.62. The Hall–Kier alpha value is -2.97. The number of hydrogen-bond acceptors (Lipinski definition) is 4. The van der Waals surface area contributed by atoms with Crippen molar-refractivity contribution < 1.29 is 14.0 Å². The van der Waals surface area contributed by atoms with Crippen LogP contribution >= 0.6 is 22.9 Å². The summed E-state index contributed by atoms with van der Waals surface area (Å²) in [7, 11) is 0. The third-order valence-corrected chi connectivity index (χ3v) is 5.52. The van der Waals surface area contributed by atoms with Crippen molar-refractivity contribution in [2.45, 2.75) is 33.0 Å². The molecule has 9 heteroatoms. The zero-order valence-electron chi connectivity index (χ0n) is 17.1. The number of benzene rings is 2. The molecule has 6 nitrogen and oxygen atoms in total. The second kappa shape index (κ2) is 10.4. The first kappa shape index (κ1) is 22.7. The number of carbonyl (C=O) groups excluding carboxylic acids is 2. The van der Waals surface area contributed by atoms with Crippen LogP contribution in [0.25, 0.3) is 0 Å². The third kappa shape index (κ3) is 6.50. The second-order valence-electron chi connectivity index (χ2n) is 7.09. The van der Waals surface area contributed by atoms with Gasteiger partial charge in [-0.2, -0.15) is 0 Å². The Labute approximate surface area is 189 Å². The van der Waals surface area contributed by atoms with E-state index < -0.39 is 0 Å². The molecular formula is C22H22ClFN4O2S. The topological polar surface area (TPSA) is 74.3 Å². The summed E-state index contributed by atoms with van der Waals surface area (Å²) < 4.78 is 13.0. The van der Waals surface area contributed by atoms with Gasteiger partial charge in [-0.25, -0.2) is 14.2 Å². The Kier molecular flexibility index (Phi) is 7.59. The highest BCUT2D eigenvalue weighted by Gasteiger charge is 2.20. The fourth-order valence-electron chi connectivity index (χ4n) is 2.73. The van der Waals surface area contributed by atoms with Crippen LogP contribution in [0.4, 0.5) is 14.9 Å². The Morgan fingerprint density at radius 2 is 1.81 bits per heavy atom. The highest BCUT2D eigenvalue weighted by atomic mass is 35.5. The number of amides is 3. The molecule has 2 aromatic carbocycles. The molecule has 0 aliphatic heterocycles. The van der Waals surface area contributed by atoms with E-state index in [-0.39, 0.29) is 42.6 Å². The van der Waals surface area contributed by atoms with Crippen LogP contribution in [0.3, 0.4) is 0 Å². The van der Waals surface area contributed by atoms with Crippen LogP contribution in [0.15, 0.2) is 53.9 Å². The molecule has 0 aliphatic carbocycles. The number of nitrogens with zero attached hydrogens (tertiary/aromatic N) is 2. The van der Waals surface area contributed by atoms with Crippen LogP contribution in [-0.2, 0) is 13.1 Å². The van der Waals surface area contributed by atoms with E-state index >= 15 is 0 Å². The molecule has 0 aliphatic rings. The van der Waals surface area contributed by atoms with Gasteiger partial charge >= 0.3 is 6.03 Å². The lowest BCUT2D eigenvalue weighted by molar-refractivity contribution is 0.0946. The van der Waals surface area contributed by atoms with Crippen LogP contribution in [0.2, 0.25) is 5.02 Å².